The predicted molar refractivity (Wildman–Crippen MR) is 156 cm³/mol. The van der Waals surface area contributed by atoms with Crippen LogP contribution in [0.15, 0.2) is 34.9 Å². The van der Waals surface area contributed by atoms with Crippen LogP contribution in [0.4, 0.5) is 4.79 Å². The van der Waals surface area contributed by atoms with Gasteiger partial charge in [-0.05, 0) is 121 Å². The van der Waals surface area contributed by atoms with Crippen molar-refractivity contribution in [2.24, 2.45) is 67.0 Å². The first kappa shape index (κ1) is 29.5. The van der Waals surface area contributed by atoms with Crippen LogP contribution in [0.3, 0.4) is 0 Å². The van der Waals surface area contributed by atoms with Gasteiger partial charge in [0, 0.05) is 17.7 Å². The summed E-state index contributed by atoms with van der Waals surface area (Å²) in [5.74, 6) is 2.33. The molecule has 1 heterocycles. The number of carbonyl (C=O) groups excluding carboxylic acids is 1. The summed E-state index contributed by atoms with van der Waals surface area (Å²) in [5.41, 5.74) is 1.55. The van der Waals surface area contributed by atoms with E-state index in [4.69, 9.17) is 4.74 Å². The van der Waals surface area contributed by atoms with Crippen molar-refractivity contribution in [3.8, 4) is 0 Å². The molecule has 0 saturated heterocycles. The number of carboxylic acid groups (broad SMARTS) is 1. The van der Waals surface area contributed by atoms with E-state index in [9.17, 15) is 15.0 Å². The van der Waals surface area contributed by atoms with Crippen molar-refractivity contribution in [3.05, 3.63) is 24.6 Å². The molecule has 1 amide bonds. The van der Waals surface area contributed by atoms with Crippen LogP contribution in [-0.4, -0.2) is 42.2 Å². The van der Waals surface area contributed by atoms with Crippen molar-refractivity contribution in [1.82, 2.24) is 0 Å². The molecule has 7 heteroatoms. The molecular weight excluding hydrogens is 514 g/mol. The van der Waals surface area contributed by atoms with Gasteiger partial charge in [0.25, 0.3) is 6.09 Å². The fourth-order valence-corrected chi connectivity index (χ4v) is 12.8. The molecule has 0 aromatic rings. The van der Waals surface area contributed by atoms with E-state index in [1.807, 2.05) is 0 Å². The van der Waals surface area contributed by atoms with E-state index in [2.05, 4.69) is 51.5 Å². The SMILES string of the molecule is C=C(COC)[C@@H]1CC[C@]2(C[N+]3(C(=O)[O-])C=CN=N3)CC[C@]3(C)[C@H](CCC4[C@@]5(C)CC[C@H](O)C(C)(C)[C@@H]5CC[C@]43C)[C@@H]12. The number of fused-ring (bicyclic) bond motifs is 7. The van der Waals surface area contributed by atoms with Crippen LogP contribution in [0, 0.1) is 56.7 Å². The summed E-state index contributed by atoms with van der Waals surface area (Å²) in [6.07, 6.45) is 12.7. The first-order chi connectivity index (χ1) is 19.2. The third kappa shape index (κ3) is 3.83. The van der Waals surface area contributed by atoms with E-state index >= 15 is 0 Å². The van der Waals surface area contributed by atoms with Crippen LogP contribution in [0.25, 0.3) is 0 Å². The van der Waals surface area contributed by atoms with Gasteiger partial charge in [-0.3, -0.25) is 0 Å². The molecule has 228 valence electrons. The van der Waals surface area contributed by atoms with Crippen molar-refractivity contribution in [3.63, 3.8) is 0 Å². The highest BCUT2D eigenvalue weighted by atomic mass is 16.5. The monoisotopic (exact) mass is 567 g/mol. The Labute approximate surface area is 247 Å². The molecule has 7 nitrogen and oxygen atoms in total. The maximum Gasteiger partial charge on any atom is 0.292 e. The normalized spacial score (nSPS) is 51.4. The molecular formula is C34H53N3O4. The van der Waals surface area contributed by atoms with Gasteiger partial charge >= 0.3 is 0 Å². The molecule has 0 spiro atoms. The van der Waals surface area contributed by atoms with Crippen molar-refractivity contribution in [2.45, 2.75) is 105 Å². The summed E-state index contributed by atoms with van der Waals surface area (Å²) in [6.45, 7) is 17.9. The van der Waals surface area contributed by atoms with E-state index in [0.717, 1.165) is 44.1 Å². The Bertz CT molecular complexity index is 1150. The topological polar surface area (TPSA) is 94.3 Å². The van der Waals surface area contributed by atoms with Crippen molar-refractivity contribution >= 4 is 6.09 Å². The fourth-order valence-electron chi connectivity index (χ4n) is 12.8. The van der Waals surface area contributed by atoms with Gasteiger partial charge in [0.1, 0.15) is 12.7 Å². The first-order valence-corrected chi connectivity index (χ1v) is 16.2. The maximum absolute atomic E-state index is 12.5. The number of aliphatic hydroxyl groups is 1. The summed E-state index contributed by atoms with van der Waals surface area (Å²) in [6, 6.07) is 0. The quantitative estimate of drug-likeness (QED) is 0.297. The number of nitrogens with zero attached hydrogens (tertiary/aromatic N) is 3. The molecule has 6 rings (SSSR count). The van der Waals surface area contributed by atoms with E-state index in [0.29, 0.717) is 42.7 Å². The Kier molecular flexibility index (Phi) is 6.81. The highest BCUT2D eigenvalue weighted by Gasteiger charge is 2.71. The predicted octanol–water partition coefficient (Wildman–Crippen LogP) is 6.64. The Morgan fingerprint density at radius 1 is 1.00 bits per heavy atom. The molecule has 6 aliphatic rings. The minimum atomic E-state index is -1.19. The lowest BCUT2D eigenvalue weighted by molar-refractivity contribution is -0.843. The molecule has 5 saturated carbocycles. The summed E-state index contributed by atoms with van der Waals surface area (Å²) in [4.78, 5) is 12.5. The van der Waals surface area contributed by atoms with Crippen LogP contribution >= 0.6 is 0 Å². The van der Waals surface area contributed by atoms with Gasteiger partial charge in [-0.15, -0.1) is 9.71 Å². The Hall–Kier alpha value is -1.57. The van der Waals surface area contributed by atoms with E-state index in [1.54, 1.807) is 13.3 Å². The summed E-state index contributed by atoms with van der Waals surface area (Å²) >= 11 is 0. The van der Waals surface area contributed by atoms with Crippen LogP contribution in [-0.2, 0) is 4.74 Å². The Morgan fingerprint density at radius 2 is 1.76 bits per heavy atom. The average Bonchev–Trinajstić information content (AvgIpc) is 3.53. The lowest BCUT2D eigenvalue weighted by Crippen LogP contribution is -2.67. The zero-order chi connectivity index (χ0) is 29.6. The number of hydrogen-bond acceptors (Lipinski definition) is 6. The van der Waals surface area contributed by atoms with Gasteiger partial charge in [-0.2, -0.15) is 0 Å². The van der Waals surface area contributed by atoms with Gasteiger partial charge in [0.2, 0.25) is 0 Å². The van der Waals surface area contributed by atoms with Crippen molar-refractivity contribution < 1.29 is 24.3 Å². The molecule has 5 aliphatic carbocycles. The minimum absolute atomic E-state index is 0.0529. The lowest BCUT2D eigenvalue weighted by Gasteiger charge is -2.73. The lowest BCUT2D eigenvalue weighted by atomic mass is 9.32. The summed E-state index contributed by atoms with van der Waals surface area (Å²) in [7, 11) is 1.75. The van der Waals surface area contributed by atoms with Gasteiger partial charge in [0.05, 0.1) is 12.7 Å². The standard InChI is InChI=1S/C34H53N3O4/c1-22(20-41-7)23-10-15-34(21-37(29(39)40)19-18-35-36-37)17-16-32(5)24(28(23)34)8-9-26-31(4)13-12-27(38)30(2,3)25(31)11-14-33(26,32)6/h18-19,23-28,38H,1,8-17,20-21H2,2-7H3/t23-,24+,25-,26?,27-,28+,31-,32+,33+,34+,37?/m0/s1. The number of rotatable bonds is 5. The highest BCUT2D eigenvalue weighted by Crippen LogP contribution is 2.77. The zero-order valence-corrected chi connectivity index (χ0v) is 26.3. The van der Waals surface area contributed by atoms with Crippen LogP contribution in [0.5, 0.6) is 0 Å². The number of methoxy groups -OCH3 is 1. The molecule has 41 heavy (non-hydrogen) atoms. The number of carbonyl (C=O) groups is 1. The average molecular weight is 568 g/mol. The molecule has 1 aliphatic heterocycles. The van der Waals surface area contributed by atoms with Crippen LogP contribution < -0.4 is 5.11 Å². The molecule has 5 fully saturated rings. The first-order valence-electron chi connectivity index (χ1n) is 16.2. The van der Waals surface area contributed by atoms with Gasteiger partial charge in [-0.25, -0.2) is 0 Å². The number of amides is 1. The third-order valence-corrected chi connectivity index (χ3v) is 14.9. The molecule has 1 N–H and O–H groups in total. The number of aliphatic hydroxyl groups excluding tert-OH is 1. The molecule has 11 atom stereocenters. The van der Waals surface area contributed by atoms with Gasteiger partial charge < -0.3 is 19.7 Å². The van der Waals surface area contributed by atoms with Crippen LogP contribution in [0.1, 0.15) is 98.8 Å². The highest BCUT2D eigenvalue weighted by molar-refractivity contribution is 5.55. The minimum Gasteiger partial charge on any atom is -0.496 e. The van der Waals surface area contributed by atoms with E-state index in [-0.39, 0.29) is 33.2 Å². The Morgan fingerprint density at radius 3 is 2.41 bits per heavy atom. The van der Waals surface area contributed by atoms with Gasteiger partial charge in [-0.1, -0.05) is 41.2 Å². The summed E-state index contributed by atoms with van der Waals surface area (Å²) in [5, 5.41) is 31.8. The molecule has 0 aromatic heterocycles. The number of ether oxygens (including phenoxy) is 1. The van der Waals surface area contributed by atoms with Crippen LogP contribution in [0.2, 0.25) is 0 Å². The van der Waals surface area contributed by atoms with E-state index < -0.39 is 10.7 Å². The fraction of sp³-hybridized carbons (Fsp3) is 0.853. The maximum atomic E-state index is 12.5. The molecule has 0 aromatic carbocycles. The molecule has 0 bridgehead atoms. The van der Waals surface area contributed by atoms with Gasteiger partial charge in [0.15, 0.2) is 6.20 Å². The second kappa shape index (κ2) is 9.46. The smallest absolute Gasteiger partial charge is 0.292 e. The molecule has 2 unspecified atom stereocenters. The summed E-state index contributed by atoms with van der Waals surface area (Å²) < 4.78 is 5.07. The van der Waals surface area contributed by atoms with E-state index in [1.165, 1.54) is 31.9 Å². The second-order valence-electron chi connectivity index (χ2n) is 16.4. The zero-order valence-electron chi connectivity index (χ0n) is 26.3. The number of quaternary nitrogens is 1. The van der Waals surface area contributed by atoms with Crippen molar-refractivity contribution in [1.29, 1.82) is 0 Å². The number of hydrogen-bond donors (Lipinski definition) is 1. The third-order valence-electron chi connectivity index (χ3n) is 14.9. The second-order valence-corrected chi connectivity index (χ2v) is 16.4. The van der Waals surface area contributed by atoms with Crippen molar-refractivity contribution in [2.75, 3.05) is 20.3 Å². The largest absolute Gasteiger partial charge is 0.496 e. The molecule has 0 radical (unpaired) electrons. The Balaban J connectivity index is 1.40.